The molecule has 0 atom stereocenters. The van der Waals surface area contributed by atoms with E-state index in [1.54, 1.807) is 42.5 Å². The summed E-state index contributed by atoms with van der Waals surface area (Å²) in [7, 11) is 1.49. The van der Waals surface area contributed by atoms with Crippen molar-refractivity contribution in [1.82, 2.24) is 4.90 Å². The average molecular weight is 578 g/mol. The lowest BCUT2D eigenvalue weighted by atomic mass is 10.1. The van der Waals surface area contributed by atoms with Crippen LogP contribution in [-0.4, -0.2) is 61.9 Å². The summed E-state index contributed by atoms with van der Waals surface area (Å²) in [4.78, 5) is 41.8. The van der Waals surface area contributed by atoms with Gasteiger partial charge in [-0.05, 0) is 65.4 Å². The van der Waals surface area contributed by atoms with Crippen molar-refractivity contribution in [2.24, 2.45) is 0 Å². The molecule has 2 aliphatic heterocycles. The number of nitrogens with zero attached hydrogens (tertiary/aromatic N) is 2. The summed E-state index contributed by atoms with van der Waals surface area (Å²) in [5.74, 6) is -0.449. The number of halogens is 1. The van der Waals surface area contributed by atoms with E-state index in [1.807, 2.05) is 18.2 Å². The summed E-state index contributed by atoms with van der Waals surface area (Å²) in [5.41, 5.74) is 2.87. The van der Waals surface area contributed by atoms with Crippen molar-refractivity contribution < 1.29 is 33.0 Å². The number of thioether (sulfide) groups is 1. The second-order valence-electron chi connectivity index (χ2n) is 9.26. The van der Waals surface area contributed by atoms with E-state index in [-0.39, 0.29) is 17.3 Å². The molecule has 9 nitrogen and oxygen atoms in total. The third kappa shape index (κ3) is 6.87. The first-order valence-electron chi connectivity index (χ1n) is 12.9. The van der Waals surface area contributed by atoms with Crippen LogP contribution < -0.4 is 19.7 Å². The maximum atomic E-state index is 13.1. The highest BCUT2D eigenvalue weighted by Gasteiger charge is 2.36. The lowest BCUT2D eigenvalue weighted by Crippen LogP contribution is -2.38. The predicted octanol–water partition coefficient (Wildman–Crippen LogP) is 4.92. The monoisotopic (exact) mass is 577 g/mol. The van der Waals surface area contributed by atoms with Crippen molar-refractivity contribution >= 4 is 46.3 Å². The number of rotatable bonds is 9. The van der Waals surface area contributed by atoms with E-state index < -0.39 is 23.6 Å². The van der Waals surface area contributed by atoms with Crippen molar-refractivity contribution in [2.45, 2.75) is 6.61 Å². The second kappa shape index (κ2) is 12.9. The normalized spacial score (nSPS) is 16.3. The standard InChI is InChI=1S/C30H28FN3O6S/c1-38-26-16-21(8-11-25(26)40-19-20-6-9-22(31)10-7-20)17-27-29(36)34(30(37)41-27)18-28(35)32-23-4-2-3-5-24(23)33-12-14-39-15-13-33/h2-11,16-17H,12-15,18-19H2,1H3,(H,32,35)/b27-17-. The molecule has 3 amide bonds. The van der Waals surface area contributed by atoms with E-state index >= 15 is 0 Å². The number of morpholine rings is 1. The first-order valence-corrected chi connectivity index (χ1v) is 13.7. The fourth-order valence-electron chi connectivity index (χ4n) is 4.42. The number of nitrogens with one attached hydrogen (secondary N) is 1. The van der Waals surface area contributed by atoms with Crippen molar-refractivity contribution in [3.05, 3.63) is 88.6 Å². The summed E-state index contributed by atoms with van der Waals surface area (Å²) in [5, 5.41) is 2.32. The van der Waals surface area contributed by atoms with Gasteiger partial charge in [-0.25, -0.2) is 4.39 Å². The molecule has 0 bridgehead atoms. The molecule has 2 fully saturated rings. The van der Waals surface area contributed by atoms with Crippen molar-refractivity contribution in [1.29, 1.82) is 0 Å². The van der Waals surface area contributed by atoms with Gasteiger partial charge in [-0.15, -0.1) is 0 Å². The van der Waals surface area contributed by atoms with Gasteiger partial charge >= 0.3 is 0 Å². The molecule has 2 aliphatic rings. The lowest BCUT2D eigenvalue weighted by molar-refractivity contribution is -0.127. The Morgan fingerprint density at radius 3 is 2.56 bits per heavy atom. The van der Waals surface area contributed by atoms with E-state index in [0.29, 0.717) is 49.1 Å². The molecule has 41 heavy (non-hydrogen) atoms. The summed E-state index contributed by atoms with van der Waals surface area (Å²) < 4.78 is 29.8. The molecule has 1 N–H and O–H groups in total. The van der Waals surface area contributed by atoms with Gasteiger partial charge in [0.15, 0.2) is 11.5 Å². The van der Waals surface area contributed by atoms with Crippen LogP contribution in [0.1, 0.15) is 11.1 Å². The van der Waals surface area contributed by atoms with Crippen LogP contribution in [0.3, 0.4) is 0 Å². The van der Waals surface area contributed by atoms with E-state index in [4.69, 9.17) is 14.2 Å². The number of carbonyl (C=O) groups excluding carboxylic acids is 3. The summed E-state index contributed by atoms with van der Waals surface area (Å²) in [6.07, 6.45) is 1.57. The smallest absolute Gasteiger partial charge is 0.294 e. The molecule has 2 heterocycles. The van der Waals surface area contributed by atoms with Gasteiger partial charge in [0.25, 0.3) is 11.1 Å². The molecule has 0 spiro atoms. The minimum absolute atomic E-state index is 0.193. The molecular formula is C30H28FN3O6S. The number of carbonyl (C=O) groups is 3. The van der Waals surface area contributed by atoms with Crippen molar-refractivity contribution in [3.63, 3.8) is 0 Å². The number of amides is 3. The van der Waals surface area contributed by atoms with Gasteiger partial charge in [-0.1, -0.05) is 30.3 Å². The molecule has 0 aliphatic carbocycles. The fourth-order valence-corrected chi connectivity index (χ4v) is 5.25. The molecular weight excluding hydrogens is 549 g/mol. The minimum Gasteiger partial charge on any atom is -0.493 e. The average Bonchev–Trinajstić information content (AvgIpc) is 3.25. The van der Waals surface area contributed by atoms with Crippen LogP contribution in [0.15, 0.2) is 71.6 Å². The zero-order chi connectivity index (χ0) is 28.8. The Hall–Kier alpha value is -4.35. The van der Waals surface area contributed by atoms with Crippen LogP contribution in [0.5, 0.6) is 11.5 Å². The van der Waals surface area contributed by atoms with Crippen molar-refractivity contribution in [3.8, 4) is 11.5 Å². The maximum Gasteiger partial charge on any atom is 0.294 e. The largest absolute Gasteiger partial charge is 0.493 e. The Balaban J connectivity index is 1.23. The number of methoxy groups -OCH3 is 1. The third-order valence-electron chi connectivity index (χ3n) is 6.50. The number of anilines is 2. The van der Waals surface area contributed by atoms with Crippen LogP contribution in [0, 0.1) is 5.82 Å². The second-order valence-corrected chi connectivity index (χ2v) is 10.3. The highest BCUT2D eigenvalue weighted by Crippen LogP contribution is 2.35. The van der Waals surface area contributed by atoms with Gasteiger partial charge in [-0.3, -0.25) is 19.3 Å². The van der Waals surface area contributed by atoms with Crippen LogP contribution in [-0.2, 0) is 20.9 Å². The zero-order valence-corrected chi connectivity index (χ0v) is 23.1. The van der Waals surface area contributed by atoms with Gasteiger partial charge in [0.1, 0.15) is 19.0 Å². The molecule has 5 rings (SSSR count). The Morgan fingerprint density at radius 1 is 1.05 bits per heavy atom. The first kappa shape index (κ1) is 28.2. The highest BCUT2D eigenvalue weighted by atomic mass is 32.2. The van der Waals surface area contributed by atoms with E-state index in [1.165, 1.54) is 19.2 Å². The predicted molar refractivity (Wildman–Crippen MR) is 155 cm³/mol. The molecule has 3 aromatic rings. The van der Waals surface area contributed by atoms with Gasteiger partial charge in [0.05, 0.1) is 36.6 Å². The number of benzene rings is 3. The van der Waals surface area contributed by atoms with Crippen LogP contribution in [0.4, 0.5) is 20.6 Å². The van der Waals surface area contributed by atoms with Gasteiger partial charge in [0.2, 0.25) is 5.91 Å². The maximum absolute atomic E-state index is 13.1. The summed E-state index contributed by atoms with van der Waals surface area (Å²) >= 11 is 0.771. The van der Waals surface area contributed by atoms with Gasteiger partial charge in [0, 0.05) is 13.1 Å². The Bertz CT molecular complexity index is 1470. The molecule has 0 unspecified atom stereocenters. The third-order valence-corrected chi connectivity index (χ3v) is 7.41. The quantitative estimate of drug-likeness (QED) is 0.358. The number of hydrogen-bond acceptors (Lipinski definition) is 8. The van der Waals surface area contributed by atoms with Crippen molar-refractivity contribution in [2.75, 3.05) is 50.2 Å². The number of hydrogen-bond donors (Lipinski definition) is 1. The first-order chi connectivity index (χ1) is 19.9. The molecule has 3 aromatic carbocycles. The van der Waals surface area contributed by atoms with E-state index in [0.717, 1.165) is 27.9 Å². The van der Waals surface area contributed by atoms with E-state index in [9.17, 15) is 18.8 Å². The fraction of sp³-hybridized carbons (Fsp3) is 0.233. The molecule has 0 radical (unpaired) electrons. The number of para-hydroxylation sites is 2. The molecule has 0 aromatic heterocycles. The molecule has 11 heteroatoms. The van der Waals surface area contributed by atoms with E-state index in [2.05, 4.69) is 10.2 Å². The summed E-state index contributed by atoms with van der Waals surface area (Å²) in [6, 6.07) is 18.5. The molecule has 2 saturated heterocycles. The SMILES string of the molecule is COc1cc(/C=C2\SC(=O)N(CC(=O)Nc3ccccc3N3CCOCC3)C2=O)ccc1OCc1ccc(F)cc1. The topological polar surface area (TPSA) is 97.4 Å². The van der Waals surface area contributed by atoms with Gasteiger partial charge in [-0.2, -0.15) is 0 Å². The van der Waals surface area contributed by atoms with Crippen LogP contribution >= 0.6 is 11.8 Å². The van der Waals surface area contributed by atoms with Gasteiger partial charge < -0.3 is 24.4 Å². The highest BCUT2D eigenvalue weighted by molar-refractivity contribution is 8.18. The van der Waals surface area contributed by atoms with Crippen LogP contribution in [0.2, 0.25) is 0 Å². The molecule has 212 valence electrons. The Labute approximate surface area is 240 Å². The zero-order valence-electron chi connectivity index (χ0n) is 22.3. The Morgan fingerprint density at radius 2 is 1.80 bits per heavy atom. The molecule has 0 saturated carbocycles. The number of imide groups is 1. The number of ether oxygens (including phenoxy) is 3. The lowest BCUT2D eigenvalue weighted by Gasteiger charge is -2.30. The van der Waals surface area contributed by atoms with Crippen LogP contribution in [0.25, 0.3) is 6.08 Å². The summed E-state index contributed by atoms with van der Waals surface area (Å²) in [6.45, 7) is 2.42. The minimum atomic E-state index is -0.549. The Kier molecular flexibility index (Phi) is 8.85.